The molecule has 0 saturated heterocycles. The smallest absolute Gasteiger partial charge is 0.00141 e. The second-order valence-electron chi connectivity index (χ2n) is 15.1. The summed E-state index contributed by atoms with van der Waals surface area (Å²) in [7, 11) is 0. The van der Waals surface area contributed by atoms with Crippen molar-refractivity contribution in [1.82, 2.24) is 0 Å². The van der Waals surface area contributed by atoms with Crippen LogP contribution in [0.15, 0.2) is 231 Å². The molecule has 11 aromatic rings. The molecular weight excluding hydrogens is 697 g/mol. The Balaban J connectivity index is 1.18. The molecule has 0 saturated carbocycles. The minimum atomic E-state index is 1.19. The van der Waals surface area contributed by atoms with Crippen LogP contribution in [0.25, 0.3) is 110 Å². The number of hydrogen-bond donors (Lipinski definition) is 0. The van der Waals surface area contributed by atoms with E-state index in [0.717, 1.165) is 0 Å². The molecule has 0 amide bonds. The summed E-state index contributed by atoms with van der Waals surface area (Å²) in [6.07, 6.45) is 0. The van der Waals surface area contributed by atoms with E-state index in [1.165, 1.54) is 110 Å². The van der Waals surface area contributed by atoms with Gasteiger partial charge in [0.1, 0.15) is 0 Å². The van der Waals surface area contributed by atoms with E-state index in [1.807, 2.05) is 0 Å². The van der Waals surface area contributed by atoms with Gasteiger partial charge in [0.25, 0.3) is 0 Å². The van der Waals surface area contributed by atoms with Crippen molar-refractivity contribution in [3.63, 3.8) is 0 Å². The van der Waals surface area contributed by atoms with Crippen LogP contribution in [0.1, 0.15) is 0 Å². The van der Waals surface area contributed by atoms with E-state index in [4.69, 9.17) is 0 Å². The van der Waals surface area contributed by atoms with E-state index in [0.29, 0.717) is 0 Å². The lowest BCUT2D eigenvalue weighted by atomic mass is 9.82. The van der Waals surface area contributed by atoms with Crippen LogP contribution in [0, 0.1) is 0 Å². The number of fused-ring (bicyclic) bond motifs is 4. The van der Waals surface area contributed by atoms with Gasteiger partial charge >= 0.3 is 0 Å². The largest absolute Gasteiger partial charge is 0.0622 e. The summed E-state index contributed by atoms with van der Waals surface area (Å²) in [5, 5.41) is 10.1. The van der Waals surface area contributed by atoms with Gasteiger partial charge in [0.05, 0.1) is 0 Å². The zero-order valence-electron chi connectivity index (χ0n) is 31.9. The highest BCUT2D eigenvalue weighted by atomic mass is 14.2. The van der Waals surface area contributed by atoms with Gasteiger partial charge in [-0.3, -0.25) is 0 Å². The maximum atomic E-state index is 2.33. The first-order chi connectivity index (χ1) is 28.8. The van der Waals surface area contributed by atoms with Gasteiger partial charge in [-0.2, -0.15) is 0 Å². The van der Waals surface area contributed by atoms with Crippen LogP contribution in [0.4, 0.5) is 0 Å². The molecule has 0 heterocycles. The molecule has 0 aliphatic rings. The Morgan fingerprint density at radius 1 is 0.155 bits per heavy atom. The van der Waals surface area contributed by atoms with Crippen molar-refractivity contribution in [3.05, 3.63) is 231 Å². The number of hydrogen-bond acceptors (Lipinski definition) is 0. The lowest BCUT2D eigenvalue weighted by molar-refractivity contribution is 1.61. The third-order valence-corrected chi connectivity index (χ3v) is 11.9. The van der Waals surface area contributed by atoms with Crippen LogP contribution in [0.2, 0.25) is 0 Å². The van der Waals surface area contributed by atoms with Crippen molar-refractivity contribution in [2.75, 3.05) is 0 Å². The minimum Gasteiger partial charge on any atom is -0.0622 e. The molecule has 0 aliphatic carbocycles. The van der Waals surface area contributed by atoms with E-state index in [1.54, 1.807) is 0 Å². The van der Waals surface area contributed by atoms with Gasteiger partial charge in [0.2, 0.25) is 0 Å². The quantitative estimate of drug-likeness (QED) is 0.149. The number of benzene rings is 11. The Morgan fingerprint density at radius 2 is 0.414 bits per heavy atom. The molecule has 0 unspecified atom stereocenters. The number of rotatable bonds is 6. The summed E-state index contributed by atoms with van der Waals surface area (Å²) >= 11 is 0. The monoisotopic (exact) mass is 734 g/mol. The first kappa shape index (κ1) is 33.8. The van der Waals surface area contributed by atoms with E-state index in [9.17, 15) is 0 Å². The molecule has 0 aromatic heterocycles. The first-order valence-corrected chi connectivity index (χ1v) is 20.1. The molecule has 0 nitrogen and oxygen atoms in total. The molecule has 0 atom stereocenters. The second-order valence-corrected chi connectivity index (χ2v) is 15.1. The molecule has 0 fully saturated rings. The summed E-state index contributed by atoms with van der Waals surface area (Å²) < 4.78 is 0. The summed E-state index contributed by atoms with van der Waals surface area (Å²) in [5.74, 6) is 0. The molecule has 0 radical (unpaired) electrons. The highest BCUT2D eigenvalue weighted by Crippen LogP contribution is 2.49. The van der Waals surface area contributed by atoms with Crippen LogP contribution in [0.5, 0.6) is 0 Å². The average molecular weight is 735 g/mol. The van der Waals surface area contributed by atoms with Gasteiger partial charge in [-0.05, 0) is 110 Å². The Morgan fingerprint density at radius 3 is 0.741 bits per heavy atom. The van der Waals surface area contributed by atoms with E-state index in [2.05, 4.69) is 231 Å². The standard InChI is InChI=1S/C58H38/c1-5-19-41(20-6-1)53-47-27-13-15-29-49(47)55(43-23-9-3-10-24-43)57-45(31-17-33-51(53)57)39-35-37-40(38-36-39)46-32-18-34-52-54(42-21-7-2-8-22-42)48-28-14-16-30-50(48)56(58(46)52)44-25-11-4-12-26-44/h1-38H. The summed E-state index contributed by atoms with van der Waals surface area (Å²) in [5.41, 5.74) is 14.8. The summed E-state index contributed by atoms with van der Waals surface area (Å²) in [4.78, 5) is 0. The van der Waals surface area contributed by atoms with Crippen molar-refractivity contribution in [2.45, 2.75) is 0 Å². The third kappa shape index (κ3) is 5.53. The van der Waals surface area contributed by atoms with Gasteiger partial charge in [-0.15, -0.1) is 0 Å². The van der Waals surface area contributed by atoms with Crippen molar-refractivity contribution in [3.8, 4) is 66.8 Å². The maximum absolute atomic E-state index is 2.33. The van der Waals surface area contributed by atoms with Crippen LogP contribution >= 0.6 is 0 Å². The minimum absolute atomic E-state index is 1.19. The third-order valence-electron chi connectivity index (χ3n) is 11.9. The highest BCUT2D eigenvalue weighted by Gasteiger charge is 2.22. The molecule has 11 rings (SSSR count). The molecular formula is C58H38. The van der Waals surface area contributed by atoms with Gasteiger partial charge < -0.3 is 0 Å². The van der Waals surface area contributed by atoms with E-state index < -0.39 is 0 Å². The molecule has 58 heavy (non-hydrogen) atoms. The topological polar surface area (TPSA) is 0 Å². The van der Waals surface area contributed by atoms with Crippen LogP contribution in [0.3, 0.4) is 0 Å². The Bertz CT molecular complexity index is 3050. The van der Waals surface area contributed by atoms with Crippen molar-refractivity contribution in [1.29, 1.82) is 0 Å². The molecule has 0 aliphatic heterocycles. The second kappa shape index (κ2) is 14.2. The Labute approximate surface area is 339 Å². The van der Waals surface area contributed by atoms with Crippen LogP contribution in [-0.2, 0) is 0 Å². The van der Waals surface area contributed by atoms with E-state index >= 15 is 0 Å². The van der Waals surface area contributed by atoms with Crippen molar-refractivity contribution in [2.24, 2.45) is 0 Å². The first-order valence-electron chi connectivity index (χ1n) is 20.1. The van der Waals surface area contributed by atoms with Crippen molar-refractivity contribution < 1.29 is 0 Å². The zero-order chi connectivity index (χ0) is 38.4. The molecule has 270 valence electrons. The van der Waals surface area contributed by atoms with Gasteiger partial charge in [-0.25, -0.2) is 0 Å². The normalized spacial score (nSPS) is 11.4. The lowest BCUT2D eigenvalue weighted by Crippen LogP contribution is -1.94. The lowest BCUT2D eigenvalue weighted by Gasteiger charge is -2.21. The fourth-order valence-electron chi connectivity index (χ4n) is 9.41. The Kier molecular flexibility index (Phi) is 8.26. The van der Waals surface area contributed by atoms with Crippen LogP contribution < -0.4 is 0 Å². The van der Waals surface area contributed by atoms with Crippen LogP contribution in [-0.4, -0.2) is 0 Å². The fraction of sp³-hybridized carbons (Fsp3) is 0. The molecule has 0 bridgehead atoms. The fourth-order valence-corrected chi connectivity index (χ4v) is 9.41. The molecule has 11 aromatic carbocycles. The van der Waals surface area contributed by atoms with Gasteiger partial charge in [0.15, 0.2) is 0 Å². The Hall–Kier alpha value is -7.54. The summed E-state index contributed by atoms with van der Waals surface area (Å²) in [6, 6.07) is 84.4. The highest BCUT2D eigenvalue weighted by molar-refractivity contribution is 6.26. The molecule has 0 spiro atoms. The van der Waals surface area contributed by atoms with Gasteiger partial charge in [-0.1, -0.05) is 231 Å². The van der Waals surface area contributed by atoms with Crippen molar-refractivity contribution >= 4 is 43.1 Å². The summed E-state index contributed by atoms with van der Waals surface area (Å²) in [6.45, 7) is 0. The predicted molar refractivity (Wildman–Crippen MR) is 249 cm³/mol. The SMILES string of the molecule is c1ccc(-c2c3ccccc3c(-c3ccccc3)c3c(-c4ccc(-c5cccc6c(-c7ccccc7)c7ccccc7c(-c7ccccc7)c56)cc4)cccc23)cc1. The predicted octanol–water partition coefficient (Wildman–Crippen LogP) is 16.3. The molecule has 0 N–H and O–H groups in total. The zero-order valence-corrected chi connectivity index (χ0v) is 31.9. The maximum Gasteiger partial charge on any atom is -0.00141 e. The average Bonchev–Trinajstić information content (AvgIpc) is 3.30. The molecule has 0 heteroatoms. The van der Waals surface area contributed by atoms with Gasteiger partial charge in [0, 0.05) is 0 Å². The van der Waals surface area contributed by atoms with E-state index in [-0.39, 0.29) is 0 Å².